The number of amides is 1. The summed E-state index contributed by atoms with van der Waals surface area (Å²) < 4.78 is 6.66. The third kappa shape index (κ3) is 2.92. The Bertz CT molecular complexity index is 757. The van der Waals surface area contributed by atoms with Gasteiger partial charge in [0, 0.05) is 11.6 Å². The number of aliphatic carboxylic acids is 1. The van der Waals surface area contributed by atoms with Gasteiger partial charge < -0.3 is 14.7 Å². The van der Waals surface area contributed by atoms with Crippen LogP contribution in [0.25, 0.3) is 5.69 Å². The maximum Gasteiger partial charge on any atom is 0.326 e. The maximum atomic E-state index is 12.9. The van der Waals surface area contributed by atoms with E-state index in [1.54, 1.807) is 18.2 Å². The summed E-state index contributed by atoms with van der Waals surface area (Å²) in [6.07, 6.45) is 3.03. The van der Waals surface area contributed by atoms with Crippen LogP contribution in [0.2, 0.25) is 0 Å². The average Bonchev–Trinajstić information content (AvgIpc) is 3.26. The summed E-state index contributed by atoms with van der Waals surface area (Å²) in [7, 11) is 1.51. The number of benzene rings is 1. The first kappa shape index (κ1) is 15.9. The Morgan fingerprint density at radius 3 is 2.71 bits per heavy atom. The second-order valence-electron chi connectivity index (χ2n) is 5.60. The Kier molecular flexibility index (Phi) is 4.15. The summed E-state index contributed by atoms with van der Waals surface area (Å²) in [5.41, 5.74) is 0.869. The predicted molar refractivity (Wildman–Crippen MR) is 82.0 cm³/mol. The zero-order chi connectivity index (χ0) is 17.3. The van der Waals surface area contributed by atoms with Gasteiger partial charge in [-0.05, 0) is 48.4 Å². The highest BCUT2D eigenvalue weighted by Gasteiger charge is 2.39. The van der Waals surface area contributed by atoms with Crippen molar-refractivity contribution in [3.63, 3.8) is 0 Å². The summed E-state index contributed by atoms with van der Waals surface area (Å²) >= 11 is 0. The molecule has 0 bridgehead atoms. The molecule has 1 aromatic heterocycles. The van der Waals surface area contributed by atoms with Gasteiger partial charge in [0.25, 0.3) is 5.91 Å². The predicted octanol–water partition coefficient (Wildman–Crippen LogP) is 0.749. The highest BCUT2D eigenvalue weighted by atomic mass is 16.5. The fourth-order valence-electron chi connectivity index (χ4n) is 2.55. The lowest BCUT2D eigenvalue weighted by molar-refractivity contribution is -0.141. The molecule has 0 saturated heterocycles. The number of aromatic nitrogens is 4. The van der Waals surface area contributed by atoms with Gasteiger partial charge in [-0.1, -0.05) is 0 Å². The largest absolute Gasteiger partial charge is 0.494 e. The van der Waals surface area contributed by atoms with Crippen molar-refractivity contribution in [2.45, 2.75) is 31.8 Å². The third-order valence-electron chi connectivity index (χ3n) is 3.97. The van der Waals surface area contributed by atoms with Crippen LogP contribution in [0.3, 0.4) is 0 Å². The SMILES string of the molecule is COc1ccc(C(=O)N(C2CC2)C(C)C(=O)O)cc1-n1cnnn1. The zero-order valence-corrected chi connectivity index (χ0v) is 13.3. The Balaban J connectivity index is 1.97. The van der Waals surface area contributed by atoms with Gasteiger partial charge in [-0.3, -0.25) is 4.79 Å². The molecule has 2 aromatic rings. The molecule has 1 fully saturated rings. The molecule has 1 heterocycles. The minimum absolute atomic E-state index is 0.0258. The molecule has 126 valence electrons. The fraction of sp³-hybridized carbons (Fsp3) is 0.400. The van der Waals surface area contributed by atoms with E-state index in [2.05, 4.69) is 15.5 Å². The number of carboxylic acids is 1. The van der Waals surface area contributed by atoms with E-state index in [0.717, 1.165) is 12.8 Å². The lowest BCUT2D eigenvalue weighted by Crippen LogP contribution is -2.44. The van der Waals surface area contributed by atoms with Gasteiger partial charge in [0.05, 0.1) is 7.11 Å². The number of ether oxygens (including phenoxy) is 1. The van der Waals surface area contributed by atoms with Crippen molar-refractivity contribution < 1.29 is 19.4 Å². The lowest BCUT2D eigenvalue weighted by atomic mass is 10.1. The Hall–Kier alpha value is -2.97. The maximum absolute atomic E-state index is 12.9. The number of carboxylic acid groups (broad SMARTS) is 1. The molecule has 1 amide bonds. The highest BCUT2D eigenvalue weighted by Crippen LogP contribution is 2.31. The van der Waals surface area contributed by atoms with Crippen LogP contribution in [0, 0.1) is 0 Å². The normalized spacial score (nSPS) is 14.9. The number of carbonyl (C=O) groups is 2. The molecule has 9 heteroatoms. The average molecular weight is 331 g/mol. The van der Waals surface area contributed by atoms with Crippen molar-refractivity contribution in [1.29, 1.82) is 0 Å². The molecule has 0 spiro atoms. The molecule has 1 atom stereocenters. The van der Waals surface area contributed by atoms with Crippen LogP contribution in [0.4, 0.5) is 0 Å². The van der Waals surface area contributed by atoms with Crippen molar-refractivity contribution in [2.75, 3.05) is 7.11 Å². The smallest absolute Gasteiger partial charge is 0.326 e. The van der Waals surface area contributed by atoms with Gasteiger partial charge >= 0.3 is 5.97 Å². The van der Waals surface area contributed by atoms with E-state index in [-0.39, 0.29) is 11.9 Å². The van der Waals surface area contributed by atoms with Crippen LogP contribution in [0.1, 0.15) is 30.1 Å². The van der Waals surface area contributed by atoms with E-state index in [1.165, 1.54) is 29.9 Å². The molecule has 1 saturated carbocycles. The van der Waals surface area contributed by atoms with Crippen molar-refractivity contribution >= 4 is 11.9 Å². The van der Waals surface area contributed by atoms with Crippen LogP contribution in [-0.4, -0.2) is 61.3 Å². The van der Waals surface area contributed by atoms with Crippen LogP contribution in [-0.2, 0) is 4.79 Å². The number of methoxy groups -OCH3 is 1. The zero-order valence-electron chi connectivity index (χ0n) is 13.3. The third-order valence-corrected chi connectivity index (χ3v) is 3.97. The van der Waals surface area contributed by atoms with Gasteiger partial charge in [-0.2, -0.15) is 4.68 Å². The minimum Gasteiger partial charge on any atom is -0.494 e. The van der Waals surface area contributed by atoms with Crippen molar-refractivity contribution in [2.24, 2.45) is 0 Å². The van der Waals surface area contributed by atoms with Crippen LogP contribution in [0.5, 0.6) is 5.75 Å². The summed E-state index contributed by atoms with van der Waals surface area (Å²) in [6, 6.07) is 3.94. The molecule has 0 aliphatic heterocycles. The molecule has 1 aromatic carbocycles. The van der Waals surface area contributed by atoms with E-state index in [9.17, 15) is 14.7 Å². The van der Waals surface area contributed by atoms with Gasteiger partial charge in [-0.25, -0.2) is 4.79 Å². The molecule has 1 aliphatic rings. The Morgan fingerprint density at radius 2 is 2.17 bits per heavy atom. The molecule has 1 aliphatic carbocycles. The van der Waals surface area contributed by atoms with Crippen molar-refractivity contribution in [1.82, 2.24) is 25.1 Å². The first-order chi connectivity index (χ1) is 11.5. The number of carbonyl (C=O) groups excluding carboxylic acids is 1. The van der Waals surface area contributed by atoms with Crippen molar-refractivity contribution in [3.8, 4) is 11.4 Å². The molecule has 9 nitrogen and oxygen atoms in total. The fourth-order valence-corrected chi connectivity index (χ4v) is 2.55. The first-order valence-corrected chi connectivity index (χ1v) is 7.49. The summed E-state index contributed by atoms with van der Waals surface area (Å²) in [5, 5.41) is 20.2. The standard InChI is InChI=1S/C15H17N5O4/c1-9(15(22)23)20(11-4-5-11)14(21)10-3-6-13(24-2)12(7-10)19-8-16-17-18-19/h3,6-9,11H,4-5H2,1-2H3,(H,22,23). The molecule has 1 N–H and O–H groups in total. The molecule has 0 radical (unpaired) electrons. The lowest BCUT2D eigenvalue weighted by Gasteiger charge is -2.26. The second-order valence-corrected chi connectivity index (χ2v) is 5.60. The highest BCUT2D eigenvalue weighted by molar-refractivity contribution is 5.97. The molecule has 3 rings (SSSR count). The number of tetrazole rings is 1. The van der Waals surface area contributed by atoms with Crippen molar-refractivity contribution in [3.05, 3.63) is 30.1 Å². The quantitative estimate of drug-likeness (QED) is 0.831. The van der Waals surface area contributed by atoms with E-state index in [1.807, 2.05) is 0 Å². The summed E-state index contributed by atoms with van der Waals surface area (Å²) in [5.74, 6) is -0.850. The van der Waals surface area contributed by atoms with E-state index in [0.29, 0.717) is 17.0 Å². The first-order valence-electron chi connectivity index (χ1n) is 7.49. The Morgan fingerprint density at radius 1 is 1.42 bits per heavy atom. The number of rotatable bonds is 6. The van der Waals surface area contributed by atoms with E-state index < -0.39 is 12.0 Å². The topological polar surface area (TPSA) is 110 Å². The molecular weight excluding hydrogens is 314 g/mol. The van der Waals surface area contributed by atoms with Crippen LogP contribution in [0.15, 0.2) is 24.5 Å². The second kappa shape index (κ2) is 6.26. The molecule has 1 unspecified atom stereocenters. The van der Waals surface area contributed by atoms with Crippen LogP contribution < -0.4 is 4.74 Å². The monoisotopic (exact) mass is 331 g/mol. The summed E-state index contributed by atoms with van der Waals surface area (Å²) in [6.45, 7) is 1.52. The van der Waals surface area contributed by atoms with Gasteiger partial charge in [0.2, 0.25) is 0 Å². The number of hydrogen-bond donors (Lipinski definition) is 1. The van der Waals surface area contributed by atoms with Gasteiger partial charge in [0.1, 0.15) is 23.8 Å². The number of nitrogens with zero attached hydrogens (tertiary/aromatic N) is 5. The minimum atomic E-state index is -1.02. The van der Waals surface area contributed by atoms with E-state index in [4.69, 9.17) is 4.74 Å². The summed E-state index contributed by atoms with van der Waals surface area (Å²) in [4.78, 5) is 25.6. The Labute approximate surface area is 137 Å². The van der Waals surface area contributed by atoms with Gasteiger partial charge in [0.15, 0.2) is 0 Å². The van der Waals surface area contributed by atoms with E-state index >= 15 is 0 Å². The van der Waals surface area contributed by atoms with Gasteiger partial charge in [-0.15, -0.1) is 5.10 Å². The van der Waals surface area contributed by atoms with Crippen LogP contribution >= 0.6 is 0 Å². The number of hydrogen-bond acceptors (Lipinski definition) is 6. The molecule has 24 heavy (non-hydrogen) atoms. The molecular formula is C15H17N5O4.